The highest BCUT2D eigenvalue weighted by molar-refractivity contribution is 6.39. The number of rotatable bonds is 12. The van der Waals surface area contributed by atoms with Crippen LogP contribution in [0.25, 0.3) is 32.3 Å². The maximum absolute atomic E-state index is 12.2. The summed E-state index contributed by atoms with van der Waals surface area (Å²) < 4.78 is 0. The zero-order chi connectivity index (χ0) is 48.1. The van der Waals surface area contributed by atoms with E-state index in [1.807, 2.05) is 27.7 Å². The van der Waals surface area contributed by atoms with Crippen LogP contribution in [-0.2, 0) is 4.79 Å². The molecule has 0 fully saturated rings. The van der Waals surface area contributed by atoms with Crippen molar-refractivity contribution in [2.75, 3.05) is 6.61 Å². The average Bonchev–Trinajstić information content (AvgIpc) is 3.28. The van der Waals surface area contributed by atoms with Crippen molar-refractivity contribution in [3.8, 4) is 0 Å². The number of amides is 3. The first-order chi connectivity index (χ1) is 30.8. The van der Waals surface area contributed by atoms with Crippen molar-refractivity contribution in [3.05, 3.63) is 110 Å². The minimum Gasteiger partial charge on any atom is -0.480 e. The van der Waals surface area contributed by atoms with Crippen LogP contribution >= 0.6 is 46.4 Å². The van der Waals surface area contributed by atoms with Crippen LogP contribution in [0, 0.1) is 0 Å². The van der Waals surface area contributed by atoms with Crippen LogP contribution in [0.15, 0.2) is 83.2 Å². The molecule has 0 saturated carbocycles. The van der Waals surface area contributed by atoms with Gasteiger partial charge in [-0.05, 0) is 63.1 Å². The normalized spacial score (nSPS) is 12.0. The van der Waals surface area contributed by atoms with Gasteiger partial charge in [-0.2, -0.15) is 9.98 Å². The molecule has 0 spiro atoms. The van der Waals surface area contributed by atoms with Crippen LogP contribution < -0.4 is 38.9 Å². The first-order valence-corrected chi connectivity index (χ1v) is 21.1. The quantitative estimate of drug-likeness (QED) is 0.0367. The number of nitrogens with zero attached hydrogens (tertiary/aromatic N) is 5. The minimum absolute atomic E-state index is 0.0952. The number of aliphatic imine (C=N–C) groups is 2. The number of aliphatic carboxylic acids is 1. The molecule has 6 rings (SSSR count). The third-order valence-corrected chi connectivity index (χ3v) is 10.7. The van der Waals surface area contributed by atoms with Crippen molar-refractivity contribution < 1.29 is 29.4 Å². The van der Waals surface area contributed by atoms with Gasteiger partial charge < -0.3 is 49.1 Å². The summed E-state index contributed by atoms with van der Waals surface area (Å²) in [5, 5.41) is 31.4. The van der Waals surface area contributed by atoms with Crippen molar-refractivity contribution >= 4 is 126 Å². The van der Waals surface area contributed by atoms with E-state index in [0.29, 0.717) is 58.7 Å². The van der Waals surface area contributed by atoms with E-state index in [1.54, 1.807) is 42.5 Å². The molecule has 3 heterocycles. The summed E-state index contributed by atoms with van der Waals surface area (Å²) in [4.78, 5) is 67.3. The van der Waals surface area contributed by atoms with E-state index in [2.05, 4.69) is 40.9 Å². The highest BCUT2D eigenvalue weighted by atomic mass is 35.5. The van der Waals surface area contributed by atoms with Gasteiger partial charge in [-0.1, -0.05) is 78.5 Å². The first-order valence-electron chi connectivity index (χ1n) is 19.6. The molecular weight excluding hydrogens is 922 g/mol. The lowest BCUT2D eigenvalue weighted by Crippen LogP contribution is -2.43. The van der Waals surface area contributed by atoms with Gasteiger partial charge in [0.15, 0.2) is 29.6 Å². The van der Waals surface area contributed by atoms with E-state index in [-0.39, 0.29) is 47.2 Å². The Bertz CT molecular complexity index is 2800. The number of hydrogen-bond donors (Lipinski definition) is 9. The summed E-state index contributed by atoms with van der Waals surface area (Å²) >= 11 is 24.3. The number of guanidine groups is 2. The van der Waals surface area contributed by atoms with Gasteiger partial charge in [-0.25, -0.2) is 19.7 Å². The molecule has 3 aromatic heterocycles. The molecule has 342 valence electrons. The number of hydrogen-bond acceptors (Lipinski definition) is 10. The number of carboxylic acid groups (broad SMARTS) is 1. The molecule has 0 bridgehead atoms. The summed E-state index contributed by atoms with van der Waals surface area (Å²) in [5.41, 5.74) is 22.7. The SMILES string of the molecule is CCC(C)NC(=O)c1ccc2c(Cl)cnc(Cl)c2c1.CCC(C)NC(=O)c1ccc2c(Cl)cnc(N=C(N)N)c2c1.NC(N)=Nc1ncc(Cl)c2ccc(C(=O)NC(CO)C(=O)O)cc12. The van der Waals surface area contributed by atoms with Gasteiger partial charge in [0.2, 0.25) is 0 Å². The van der Waals surface area contributed by atoms with Crippen molar-refractivity contribution in [2.45, 2.75) is 58.7 Å². The molecule has 22 heteroatoms. The van der Waals surface area contributed by atoms with E-state index in [4.69, 9.17) is 79.6 Å². The van der Waals surface area contributed by atoms with E-state index in [1.165, 1.54) is 30.7 Å². The Hall–Kier alpha value is -6.57. The molecule has 13 N–H and O–H groups in total. The number of carbonyl (C=O) groups is 4. The van der Waals surface area contributed by atoms with Gasteiger partial charge in [0.05, 0.1) is 21.7 Å². The van der Waals surface area contributed by atoms with Gasteiger partial charge >= 0.3 is 5.97 Å². The predicted octanol–water partition coefficient (Wildman–Crippen LogP) is 6.36. The third-order valence-electron chi connectivity index (χ3n) is 9.45. The number of benzene rings is 3. The molecular formula is C43H46Cl4N12O6. The number of fused-ring (bicyclic) bond motifs is 3. The lowest BCUT2D eigenvalue weighted by Gasteiger charge is -2.12. The number of pyridine rings is 3. The minimum atomic E-state index is -1.41. The monoisotopic (exact) mass is 966 g/mol. The number of nitrogens with one attached hydrogen (secondary N) is 3. The lowest BCUT2D eigenvalue weighted by molar-refractivity contribution is -0.140. The highest BCUT2D eigenvalue weighted by Gasteiger charge is 2.21. The van der Waals surface area contributed by atoms with Crippen LogP contribution in [-0.4, -0.2) is 85.5 Å². The number of aliphatic hydroxyl groups is 1. The Labute approximate surface area is 392 Å². The molecule has 0 aliphatic heterocycles. The van der Waals surface area contributed by atoms with Crippen LogP contribution in [0.1, 0.15) is 71.6 Å². The number of nitrogens with two attached hydrogens (primary N) is 4. The number of carboxylic acids is 1. The van der Waals surface area contributed by atoms with Gasteiger partial charge in [-0.3, -0.25) is 14.4 Å². The fourth-order valence-corrected chi connectivity index (χ4v) is 6.50. The number of aliphatic hydroxyl groups excluding tert-OH is 1. The Morgan fingerprint density at radius 1 is 0.585 bits per heavy atom. The van der Waals surface area contributed by atoms with Crippen LogP contribution in [0.2, 0.25) is 20.2 Å². The van der Waals surface area contributed by atoms with E-state index < -0.39 is 24.5 Å². The molecule has 0 aliphatic carbocycles. The Morgan fingerprint density at radius 2 is 0.938 bits per heavy atom. The average molecular weight is 969 g/mol. The van der Waals surface area contributed by atoms with Crippen molar-refractivity contribution in [1.29, 1.82) is 0 Å². The van der Waals surface area contributed by atoms with Gasteiger partial charge in [0.25, 0.3) is 17.7 Å². The number of halogens is 4. The number of aromatic nitrogens is 3. The third kappa shape index (κ3) is 13.7. The standard InChI is InChI=1S/C15H18ClN5O.C14H14Cl2N2O.C14H14ClN5O4/c1-3-8(2)20-14(22)9-4-5-10-11(6-9)13(21-15(17)18)19-7-12(10)16;1-3-8(2)18-14(19)9-4-5-10-11(6-9)13(16)17-7-12(10)15;15-9-4-18-11(20-14(16)17)8-3-6(1-2-7(8)9)12(22)19-10(5-21)13(23)24/h4-8H,3H2,1-2H3,(H,20,22)(H4,17,18,19,21);4-8H,3H2,1-2H3,(H,18,19);1-4,10,21H,5H2,(H,19,22)(H,23,24)(H4,16,17,18,20). The molecule has 3 aromatic carbocycles. The summed E-state index contributed by atoms with van der Waals surface area (Å²) in [6.45, 7) is 7.20. The van der Waals surface area contributed by atoms with E-state index in [0.717, 1.165) is 23.6 Å². The second-order valence-electron chi connectivity index (χ2n) is 14.2. The van der Waals surface area contributed by atoms with Crippen molar-refractivity contribution in [3.63, 3.8) is 0 Å². The molecule has 18 nitrogen and oxygen atoms in total. The van der Waals surface area contributed by atoms with Crippen LogP contribution in [0.5, 0.6) is 0 Å². The van der Waals surface area contributed by atoms with Crippen molar-refractivity contribution in [2.24, 2.45) is 32.9 Å². The summed E-state index contributed by atoms with van der Waals surface area (Å²) in [6.07, 6.45) is 6.09. The zero-order valence-electron chi connectivity index (χ0n) is 35.4. The van der Waals surface area contributed by atoms with Crippen LogP contribution in [0.4, 0.5) is 11.6 Å². The largest absolute Gasteiger partial charge is 0.480 e. The van der Waals surface area contributed by atoms with Gasteiger partial charge in [-0.15, -0.1) is 0 Å². The fraction of sp³-hybridized carbons (Fsp3) is 0.233. The Kier molecular flexibility index (Phi) is 18.4. The topological polar surface area (TPSA) is 312 Å². The highest BCUT2D eigenvalue weighted by Crippen LogP contribution is 2.32. The molecule has 0 aliphatic rings. The summed E-state index contributed by atoms with van der Waals surface area (Å²) in [6, 6.07) is 13.7. The van der Waals surface area contributed by atoms with Gasteiger partial charge in [0, 0.05) is 79.7 Å². The van der Waals surface area contributed by atoms with Crippen LogP contribution in [0.3, 0.4) is 0 Å². The smallest absolute Gasteiger partial charge is 0.328 e. The Balaban J connectivity index is 0.000000215. The molecule has 3 atom stereocenters. The molecule has 6 aromatic rings. The maximum atomic E-state index is 12.2. The predicted molar refractivity (Wildman–Crippen MR) is 257 cm³/mol. The lowest BCUT2D eigenvalue weighted by atomic mass is 10.1. The molecule has 3 amide bonds. The summed E-state index contributed by atoms with van der Waals surface area (Å²) in [7, 11) is 0. The van der Waals surface area contributed by atoms with E-state index in [9.17, 15) is 19.2 Å². The maximum Gasteiger partial charge on any atom is 0.328 e. The molecule has 65 heavy (non-hydrogen) atoms. The van der Waals surface area contributed by atoms with Gasteiger partial charge in [0.1, 0.15) is 5.15 Å². The fourth-order valence-electron chi connectivity index (χ4n) is 5.66. The molecule has 0 saturated heterocycles. The zero-order valence-corrected chi connectivity index (χ0v) is 38.4. The van der Waals surface area contributed by atoms with Crippen molar-refractivity contribution in [1.82, 2.24) is 30.9 Å². The molecule has 0 radical (unpaired) electrons. The Morgan fingerprint density at radius 3 is 1.29 bits per heavy atom. The number of carbonyl (C=O) groups excluding carboxylic acids is 3. The summed E-state index contributed by atoms with van der Waals surface area (Å²) in [5.74, 6) is -2.14. The first kappa shape index (κ1) is 51.1. The second kappa shape index (κ2) is 23.4. The second-order valence-corrected chi connectivity index (χ2v) is 15.8. The van der Waals surface area contributed by atoms with E-state index >= 15 is 0 Å². The molecule has 3 unspecified atom stereocenters.